The molecule has 2 fully saturated rings. The van der Waals surface area contributed by atoms with Crippen molar-refractivity contribution >= 4 is 41.2 Å². The van der Waals surface area contributed by atoms with Gasteiger partial charge in [0.25, 0.3) is 0 Å². The maximum absolute atomic E-state index is 14.1. The molecule has 7 N–H and O–H groups in total. The number of likely N-dealkylation sites (N-methyl/N-ethyl adjacent to an activating group) is 1. The minimum Gasteiger partial charge on any atom is -0.507 e. The molecule has 2 saturated carbocycles. The Hall–Kier alpha value is -4.16. The number of hydrogen-bond acceptors (Lipinski definition) is 10. The number of benzene rings is 2. The van der Waals surface area contributed by atoms with Gasteiger partial charge in [-0.3, -0.25) is 19.2 Å². The smallest absolute Gasteiger partial charge is 0.230 e. The van der Waals surface area contributed by atoms with Gasteiger partial charge < -0.3 is 36.2 Å². The van der Waals surface area contributed by atoms with Crippen molar-refractivity contribution in [3.8, 4) is 5.75 Å². The van der Waals surface area contributed by atoms with E-state index in [0.29, 0.717) is 17.4 Å². The van der Waals surface area contributed by atoms with Gasteiger partial charge in [-0.1, -0.05) is 36.4 Å². The number of nitrogens with two attached hydrogens (primary N) is 1. The first-order valence-electron chi connectivity index (χ1n) is 12.5. The first kappa shape index (κ1) is 27.4. The van der Waals surface area contributed by atoms with E-state index in [1.54, 1.807) is 36.4 Å². The van der Waals surface area contributed by atoms with Crippen molar-refractivity contribution in [3.63, 3.8) is 0 Å². The largest absolute Gasteiger partial charge is 0.507 e. The Morgan fingerprint density at radius 3 is 2.30 bits per heavy atom. The van der Waals surface area contributed by atoms with Crippen LogP contribution in [0.1, 0.15) is 27.0 Å². The Balaban J connectivity index is 1.82. The van der Waals surface area contributed by atoms with Crippen molar-refractivity contribution in [2.45, 2.75) is 23.9 Å². The summed E-state index contributed by atoms with van der Waals surface area (Å²) in [4.78, 5) is 52.7. The molecule has 208 valence electrons. The molecule has 2 unspecified atom stereocenters. The van der Waals surface area contributed by atoms with E-state index < -0.39 is 76.2 Å². The molecule has 0 radical (unpaired) electrons. The summed E-state index contributed by atoms with van der Waals surface area (Å²) in [6.07, 6.45) is -1.30. The van der Waals surface area contributed by atoms with Crippen molar-refractivity contribution in [1.82, 2.24) is 4.90 Å². The topological polar surface area (TPSA) is 199 Å². The molecular weight excluding hydrogens is 520 g/mol. The van der Waals surface area contributed by atoms with E-state index in [1.807, 2.05) is 0 Å². The number of hydrogen-bond donors (Lipinski definition) is 6. The quantitative estimate of drug-likeness (QED) is 0.222. The van der Waals surface area contributed by atoms with E-state index in [4.69, 9.17) is 5.73 Å². The van der Waals surface area contributed by atoms with E-state index >= 15 is 0 Å². The van der Waals surface area contributed by atoms with Crippen LogP contribution in [0.15, 0.2) is 48.0 Å². The number of rotatable bonds is 4. The number of carbonyl (C=O) groups is 4. The molecule has 0 saturated heterocycles. The molecule has 5 rings (SSSR count). The summed E-state index contributed by atoms with van der Waals surface area (Å²) in [5.41, 5.74) is 3.02. The number of aliphatic hydroxyl groups excluding tert-OH is 3. The number of aliphatic hydroxyl groups is 4. The Morgan fingerprint density at radius 2 is 1.68 bits per heavy atom. The van der Waals surface area contributed by atoms with Gasteiger partial charge in [-0.05, 0) is 42.9 Å². The molecule has 11 heteroatoms. The Labute approximate surface area is 228 Å². The molecule has 0 heterocycles. The van der Waals surface area contributed by atoms with Crippen molar-refractivity contribution in [2.24, 2.45) is 23.5 Å². The maximum atomic E-state index is 14.1. The van der Waals surface area contributed by atoms with E-state index in [-0.39, 0.29) is 16.7 Å². The number of carbonyl (C=O) groups excluding carboxylic acids is 4. The van der Waals surface area contributed by atoms with Crippen LogP contribution in [0, 0.1) is 17.8 Å². The highest BCUT2D eigenvalue weighted by Gasteiger charge is 2.70. The second-order valence-electron chi connectivity index (χ2n) is 10.6. The van der Waals surface area contributed by atoms with Gasteiger partial charge in [0.1, 0.15) is 23.7 Å². The summed E-state index contributed by atoms with van der Waals surface area (Å²) < 4.78 is 0. The van der Waals surface area contributed by atoms with Crippen molar-refractivity contribution in [1.29, 1.82) is 0 Å². The fourth-order valence-electron chi connectivity index (χ4n) is 6.57. The fourth-order valence-corrected chi connectivity index (χ4v) is 6.57. The molecule has 0 bridgehead atoms. The lowest BCUT2D eigenvalue weighted by Gasteiger charge is -2.55. The highest BCUT2D eigenvalue weighted by Crippen LogP contribution is 2.55. The zero-order valence-corrected chi connectivity index (χ0v) is 21.6. The predicted octanol–water partition coefficient (Wildman–Crippen LogP) is -0.0896. The second kappa shape index (κ2) is 9.49. The van der Waals surface area contributed by atoms with Gasteiger partial charge >= 0.3 is 0 Å². The average molecular weight is 549 g/mol. The third-order valence-electron chi connectivity index (χ3n) is 8.26. The van der Waals surface area contributed by atoms with Gasteiger partial charge in [-0.2, -0.15) is 0 Å². The van der Waals surface area contributed by atoms with Crippen LogP contribution in [0.5, 0.6) is 5.75 Å². The molecule has 0 aliphatic heterocycles. The minimum atomic E-state index is -3.03. The number of aromatic hydroxyl groups is 1. The molecule has 0 spiro atoms. The van der Waals surface area contributed by atoms with Crippen molar-refractivity contribution in [2.75, 3.05) is 14.1 Å². The zero-order chi connectivity index (χ0) is 29.3. The molecular formula is C29H28N2O9. The molecule has 40 heavy (non-hydrogen) atoms. The molecule has 3 aliphatic carbocycles. The minimum absolute atomic E-state index is 0.159. The third-order valence-corrected chi connectivity index (χ3v) is 8.26. The fraction of sp³-hybridized carbons (Fsp3) is 0.310. The van der Waals surface area contributed by atoms with Crippen molar-refractivity contribution in [3.05, 3.63) is 70.3 Å². The van der Waals surface area contributed by atoms with E-state index in [0.717, 1.165) is 0 Å². The number of aldehydes is 1. The summed E-state index contributed by atoms with van der Waals surface area (Å²) >= 11 is 0. The Bertz CT molecular complexity index is 1530. The molecule has 11 nitrogen and oxygen atoms in total. The van der Waals surface area contributed by atoms with Gasteiger partial charge in [-0.25, -0.2) is 0 Å². The van der Waals surface area contributed by atoms with E-state index in [1.165, 1.54) is 31.1 Å². The first-order chi connectivity index (χ1) is 18.9. The summed E-state index contributed by atoms with van der Waals surface area (Å²) in [6, 6.07) is 9.48. The molecule has 0 aromatic heterocycles. The standard InChI is InChI=1S/C29H28N2O9/c1-31(2)22-21-24(35)18-15(10-12-5-3-6-13(9-12)11-32)14-7-4-8-16(33)17(14)23(34)19(18)26(37)29(21,40)27(38)20(25(22)36)28(30)39/h3-11,18,20-22,24-25,33-36,40H,1-2H3,(H2,30,39)/b15-10+/t18-,20?,21-,22+,24+,25?,29+/m1/s1. The first-order valence-corrected chi connectivity index (χ1v) is 12.5. The lowest BCUT2D eigenvalue weighted by Crippen LogP contribution is -2.76. The van der Waals surface area contributed by atoms with Crippen LogP contribution in [0.2, 0.25) is 0 Å². The van der Waals surface area contributed by atoms with Gasteiger partial charge in [-0.15, -0.1) is 0 Å². The number of phenolic OH excluding ortho intramolecular Hbond substituents is 1. The van der Waals surface area contributed by atoms with Crippen LogP contribution in [0.25, 0.3) is 17.4 Å². The summed E-state index contributed by atoms with van der Waals surface area (Å²) in [5, 5.41) is 56.8. The molecule has 2 aromatic rings. The van der Waals surface area contributed by atoms with Gasteiger partial charge in [0.05, 0.1) is 23.3 Å². The number of nitrogens with zero attached hydrogens (tertiary/aromatic N) is 1. The Kier molecular flexibility index (Phi) is 6.50. The highest BCUT2D eigenvalue weighted by atomic mass is 16.3. The lowest BCUT2D eigenvalue weighted by molar-refractivity contribution is -0.196. The van der Waals surface area contributed by atoms with Crippen molar-refractivity contribution < 1.29 is 44.7 Å². The van der Waals surface area contributed by atoms with Gasteiger partial charge in [0.15, 0.2) is 11.4 Å². The monoisotopic (exact) mass is 548 g/mol. The number of amides is 1. The van der Waals surface area contributed by atoms with E-state index in [9.17, 15) is 44.7 Å². The lowest BCUT2D eigenvalue weighted by atomic mass is 9.52. The summed E-state index contributed by atoms with van der Waals surface area (Å²) in [5.74, 6) is -10.0. The van der Waals surface area contributed by atoms with Crippen LogP contribution < -0.4 is 5.73 Å². The molecule has 3 aliphatic rings. The number of ketones is 2. The predicted molar refractivity (Wildman–Crippen MR) is 141 cm³/mol. The number of fused-ring (bicyclic) bond motifs is 3. The molecule has 1 amide bonds. The average Bonchev–Trinajstić information content (AvgIpc) is 2.90. The number of phenols is 1. The van der Waals surface area contributed by atoms with Gasteiger partial charge in [0, 0.05) is 23.4 Å². The number of Topliss-reactive ketones (excluding diaryl/α,β-unsaturated/α-hetero) is 2. The molecule has 7 atom stereocenters. The van der Waals surface area contributed by atoms with E-state index in [2.05, 4.69) is 0 Å². The van der Waals surface area contributed by atoms with Gasteiger partial charge in [0.2, 0.25) is 11.7 Å². The van der Waals surface area contributed by atoms with Crippen LogP contribution in [0.4, 0.5) is 0 Å². The summed E-state index contributed by atoms with van der Waals surface area (Å²) in [6.45, 7) is 0. The van der Waals surface area contributed by atoms with Crippen LogP contribution >= 0.6 is 0 Å². The normalized spacial score (nSPS) is 32.5. The Morgan fingerprint density at radius 1 is 1.02 bits per heavy atom. The highest BCUT2D eigenvalue weighted by molar-refractivity contribution is 6.26. The van der Waals surface area contributed by atoms with Crippen LogP contribution in [-0.4, -0.2) is 92.1 Å². The maximum Gasteiger partial charge on any atom is 0.230 e. The second-order valence-corrected chi connectivity index (χ2v) is 10.6. The SMILES string of the molecule is CN(C)[C@@H]1C(O)C(C(N)=O)C(=O)[C@@]2(O)C(=O)C3=C(O)c4c(O)cccc4/C(=C\c4cccc(C=O)c4)[C@H]3[C@H](O)[C@@H]12. The summed E-state index contributed by atoms with van der Waals surface area (Å²) in [7, 11) is 2.97. The third kappa shape index (κ3) is 3.66. The molecule has 2 aromatic carbocycles. The zero-order valence-electron chi connectivity index (χ0n) is 21.6. The number of primary amides is 1. The van der Waals surface area contributed by atoms with Crippen LogP contribution in [-0.2, 0) is 14.4 Å². The van der Waals surface area contributed by atoms with Crippen LogP contribution in [0.3, 0.4) is 0 Å².